The lowest BCUT2D eigenvalue weighted by molar-refractivity contribution is -0.162. The van der Waals surface area contributed by atoms with E-state index < -0.39 is 11.6 Å². The van der Waals surface area contributed by atoms with Gasteiger partial charge < -0.3 is 15.2 Å². The number of esters is 1. The third kappa shape index (κ3) is 4.16. The largest absolute Gasteiger partial charge is 0.462 e. The lowest BCUT2D eigenvalue weighted by atomic mass is 9.88. The van der Waals surface area contributed by atoms with E-state index in [-0.39, 0.29) is 12.5 Å². The van der Waals surface area contributed by atoms with Gasteiger partial charge in [-0.15, -0.1) is 0 Å². The quantitative estimate of drug-likeness (QED) is 0.541. The van der Waals surface area contributed by atoms with Crippen molar-refractivity contribution >= 4 is 5.97 Å². The smallest absolute Gasteiger partial charge is 0.347 e. The average Bonchev–Trinajstić information content (AvgIpc) is 3.15. The second-order valence-corrected chi connectivity index (χ2v) is 9.00. The van der Waals surface area contributed by atoms with Gasteiger partial charge in [0.05, 0.1) is 12.3 Å². The number of carbonyl (C=O) groups is 1. The minimum absolute atomic E-state index is 0.0395. The summed E-state index contributed by atoms with van der Waals surface area (Å²) in [6.07, 6.45) is 7.53. The second kappa shape index (κ2) is 9.41. The number of piperidine rings is 1. The van der Waals surface area contributed by atoms with Crippen molar-refractivity contribution in [1.29, 1.82) is 0 Å². The first-order chi connectivity index (χ1) is 16.2. The summed E-state index contributed by atoms with van der Waals surface area (Å²) in [4.78, 5) is 21.9. The van der Waals surface area contributed by atoms with Crippen LogP contribution in [0.2, 0.25) is 0 Å². The molecule has 6 nitrogen and oxygen atoms in total. The summed E-state index contributed by atoms with van der Waals surface area (Å²) in [6, 6.07) is 16.9. The number of aliphatic hydroxyl groups is 1. The van der Waals surface area contributed by atoms with Crippen LogP contribution in [0.5, 0.6) is 0 Å². The maximum atomic E-state index is 13.4. The Hall–Kier alpha value is -3.09. The first kappa shape index (κ1) is 21.7. The molecule has 1 saturated heterocycles. The van der Waals surface area contributed by atoms with Gasteiger partial charge in [0.15, 0.2) is 0 Å². The number of hydrogen-bond acceptors (Lipinski definition) is 6. The second-order valence-electron chi connectivity index (χ2n) is 9.00. The van der Waals surface area contributed by atoms with Gasteiger partial charge in [-0.3, -0.25) is 0 Å². The molecule has 170 valence electrons. The molecular formula is C27H29N3O3. The maximum Gasteiger partial charge on any atom is 0.347 e. The van der Waals surface area contributed by atoms with E-state index in [0.717, 1.165) is 42.8 Å². The maximum absolute atomic E-state index is 13.4. The Morgan fingerprint density at radius 3 is 2.36 bits per heavy atom. The van der Waals surface area contributed by atoms with E-state index in [2.05, 4.69) is 15.3 Å². The van der Waals surface area contributed by atoms with Crippen LogP contribution in [-0.4, -0.2) is 40.7 Å². The lowest BCUT2D eigenvalue weighted by Crippen LogP contribution is -2.37. The van der Waals surface area contributed by atoms with Gasteiger partial charge in [-0.25, -0.2) is 14.8 Å². The van der Waals surface area contributed by atoms with Crippen LogP contribution in [0.4, 0.5) is 0 Å². The molecular weight excluding hydrogens is 414 g/mol. The molecule has 0 radical (unpaired) electrons. The minimum atomic E-state index is -1.81. The van der Waals surface area contributed by atoms with Crippen LogP contribution in [0.25, 0.3) is 11.1 Å². The molecule has 1 fully saturated rings. The Morgan fingerprint density at radius 2 is 1.73 bits per heavy atom. The van der Waals surface area contributed by atoms with Crippen LogP contribution in [0, 0.1) is 5.92 Å². The zero-order valence-corrected chi connectivity index (χ0v) is 18.6. The van der Waals surface area contributed by atoms with Gasteiger partial charge in [0.1, 0.15) is 6.33 Å². The van der Waals surface area contributed by atoms with E-state index in [1.54, 1.807) is 18.3 Å². The van der Waals surface area contributed by atoms with Crippen molar-refractivity contribution in [3.8, 4) is 11.1 Å². The first-order valence-electron chi connectivity index (χ1n) is 11.7. The molecule has 0 amide bonds. The van der Waals surface area contributed by atoms with E-state index in [1.165, 1.54) is 19.2 Å². The number of nitrogens with one attached hydrogen (secondary N) is 1. The number of hydrogen-bond donors (Lipinski definition) is 2. The fourth-order valence-electron chi connectivity index (χ4n) is 5.18. The zero-order chi connectivity index (χ0) is 22.7. The molecule has 2 N–H and O–H groups in total. The van der Waals surface area contributed by atoms with Crippen molar-refractivity contribution in [2.75, 3.05) is 19.7 Å². The lowest BCUT2D eigenvalue weighted by Gasteiger charge is -2.27. The predicted octanol–water partition coefficient (Wildman–Crippen LogP) is 3.80. The third-order valence-electron chi connectivity index (χ3n) is 7.04. The van der Waals surface area contributed by atoms with E-state index in [0.29, 0.717) is 17.0 Å². The van der Waals surface area contributed by atoms with E-state index in [4.69, 9.17) is 4.74 Å². The molecule has 1 aliphatic heterocycles. The van der Waals surface area contributed by atoms with Crippen LogP contribution in [0.15, 0.2) is 67.1 Å². The molecule has 0 bridgehead atoms. The molecule has 33 heavy (non-hydrogen) atoms. The Labute approximate surface area is 194 Å². The molecule has 2 aromatic carbocycles. The molecule has 5 rings (SSSR count). The molecule has 1 aromatic heterocycles. The Kier molecular flexibility index (Phi) is 6.20. The summed E-state index contributed by atoms with van der Waals surface area (Å²) in [5.74, 6) is -0.00722. The SMILES string of the molecule is O=C(OCC(CCC1CCNCC1)c1ccncn1)C1(O)c2ccccc2-c2ccccc21. The van der Waals surface area contributed by atoms with Gasteiger partial charge in [0.25, 0.3) is 0 Å². The van der Waals surface area contributed by atoms with Gasteiger partial charge in [-0.1, -0.05) is 48.5 Å². The number of aromatic nitrogens is 2. The fourth-order valence-corrected chi connectivity index (χ4v) is 5.18. The number of carbonyl (C=O) groups excluding carboxylic acids is 1. The summed E-state index contributed by atoms with van der Waals surface area (Å²) < 4.78 is 5.84. The highest BCUT2D eigenvalue weighted by molar-refractivity contribution is 5.96. The number of rotatable bonds is 7. The Bertz CT molecular complexity index is 1070. The summed E-state index contributed by atoms with van der Waals surface area (Å²) in [5.41, 5.74) is 1.94. The highest BCUT2D eigenvalue weighted by Crippen LogP contribution is 2.48. The number of ether oxygens (including phenoxy) is 1. The molecule has 1 unspecified atom stereocenters. The highest BCUT2D eigenvalue weighted by Gasteiger charge is 2.49. The van der Waals surface area contributed by atoms with Crippen molar-refractivity contribution in [1.82, 2.24) is 15.3 Å². The number of nitrogens with zero attached hydrogens (tertiary/aromatic N) is 2. The number of fused-ring (bicyclic) bond motifs is 3. The summed E-state index contributed by atoms with van der Waals surface area (Å²) in [5, 5.41) is 15.1. The van der Waals surface area contributed by atoms with Crippen LogP contribution in [0.3, 0.4) is 0 Å². The summed E-state index contributed by atoms with van der Waals surface area (Å²) in [7, 11) is 0. The molecule has 1 atom stereocenters. The number of benzene rings is 2. The highest BCUT2D eigenvalue weighted by atomic mass is 16.5. The average molecular weight is 444 g/mol. The molecule has 6 heteroatoms. The van der Waals surface area contributed by atoms with E-state index in [1.807, 2.05) is 42.5 Å². The molecule has 0 saturated carbocycles. The first-order valence-corrected chi connectivity index (χ1v) is 11.7. The van der Waals surface area contributed by atoms with Gasteiger partial charge in [0.2, 0.25) is 5.60 Å². The van der Waals surface area contributed by atoms with Gasteiger partial charge >= 0.3 is 5.97 Å². The van der Waals surface area contributed by atoms with Gasteiger partial charge in [-0.05, 0) is 61.9 Å². The standard InChI is InChI=1S/C27H29N3O3/c31-26(27(32)23-7-3-1-5-21(23)22-6-2-4-8-24(22)27)33-17-20(25-13-16-29-18-30-25)10-9-19-11-14-28-15-12-19/h1-8,13,16,18-20,28,32H,9-12,14-15,17H2. The molecule has 3 aromatic rings. The van der Waals surface area contributed by atoms with Crippen molar-refractivity contribution in [2.24, 2.45) is 5.92 Å². The van der Waals surface area contributed by atoms with Crippen LogP contribution >= 0.6 is 0 Å². The zero-order valence-electron chi connectivity index (χ0n) is 18.6. The Balaban J connectivity index is 1.35. The normalized spacial score (nSPS) is 17.7. The molecule has 0 spiro atoms. The van der Waals surface area contributed by atoms with Crippen LogP contribution < -0.4 is 5.32 Å². The van der Waals surface area contributed by atoms with E-state index >= 15 is 0 Å². The monoisotopic (exact) mass is 443 g/mol. The van der Waals surface area contributed by atoms with Crippen molar-refractivity contribution in [3.63, 3.8) is 0 Å². The van der Waals surface area contributed by atoms with Crippen molar-refractivity contribution in [3.05, 3.63) is 83.9 Å². The van der Waals surface area contributed by atoms with Crippen LogP contribution in [0.1, 0.15) is 48.4 Å². The van der Waals surface area contributed by atoms with Crippen molar-refractivity contribution in [2.45, 2.75) is 37.2 Å². The molecule has 1 aliphatic carbocycles. The molecule has 2 heterocycles. The third-order valence-corrected chi connectivity index (χ3v) is 7.04. The van der Waals surface area contributed by atoms with Gasteiger partial charge in [-0.2, -0.15) is 0 Å². The van der Waals surface area contributed by atoms with E-state index in [9.17, 15) is 9.90 Å². The van der Waals surface area contributed by atoms with Crippen LogP contribution in [-0.2, 0) is 15.1 Å². The summed E-state index contributed by atoms with van der Waals surface area (Å²) in [6.45, 7) is 2.29. The van der Waals surface area contributed by atoms with Crippen molar-refractivity contribution < 1.29 is 14.6 Å². The Morgan fingerprint density at radius 1 is 1.06 bits per heavy atom. The fraction of sp³-hybridized carbons (Fsp3) is 0.370. The molecule has 2 aliphatic rings. The van der Waals surface area contributed by atoms with Gasteiger partial charge in [0, 0.05) is 23.2 Å². The predicted molar refractivity (Wildman–Crippen MR) is 125 cm³/mol. The minimum Gasteiger partial charge on any atom is -0.462 e. The topological polar surface area (TPSA) is 84.3 Å². The summed E-state index contributed by atoms with van der Waals surface area (Å²) >= 11 is 0.